The van der Waals surface area contributed by atoms with Crippen LogP contribution in [-0.4, -0.2) is 29.7 Å². The van der Waals surface area contributed by atoms with Gasteiger partial charge in [0.1, 0.15) is 17.3 Å². The second-order valence-electron chi connectivity index (χ2n) is 8.01. The van der Waals surface area contributed by atoms with Gasteiger partial charge < -0.3 is 15.2 Å². The Hall–Kier alpha value is -4.79. The van der Waals surface area contributed by atoms with Gasteiger partial charge in [0.2, 0.25) is 0 Å². The number of amides is 1. The van der Waals surface area contributed by atoms with Gasteiger partial charge in [-0.3, -0.25) is 24.0 Å². The van der Waals surface area contributed by atoms with Crippen LogP contribution in [0.15, 0.2) is 88.5 Å². The summed E-state index contributed by atoms with van der Waals surface area (Å²) in [5.74, 6) is 0.0664. The Balaban J connectivity index is 1.89. The fourth-order valence-electron chi connectivity index (χ4n) is 3.91. The number of hydrogen-bond acceptors (Lipinski definition) is 6. The number of nitrogens with zero attached hydrogens (tertiary/aromatic N) is 2. The van der Waals surface area contributed by atoms with Crippen LogP contribution in [0.4, 0.5) is 11.5 Å². The number of benzene rings is 3. The molecule has 0 unspecified atom stereocenters. The molecule has 0 saturated heterocycles. The van der Waals surface area contributed by atoms with E-state index < -0.39 is 17.2 Å². The second-order valence-corrected chi connectivity index (χ2v) is 8.01. The summed E-state index contributed by atoms with van der Waals surface area (Å²) < 4.78 is 11.9. The van der Waals surface area contributed by atoms with E-state index in [1.165, 1.54) is 29.8 Å². The number of nitrogen functional groups attached to an aromatic ring is 1. The van der Waals surface area contributed by atoms with Gasteiger partial charge in [0, 0.05) is 0 Å². The Morgan fingerprint density at radius 1 is 0.917 bits per heavy atom. The van der Waals surface area contributed by atoms with Crippen LogP contribution in [0.3, 0.4) is 0 Å². The Labute approximate surface area is 207 Å². The quantitative estimate of drug-likeness (QED) is 0.395. The maximum atomic E-state index is 14.0. The summed E-state index contributed by atoms with van der Waals surface area (Å²) in [5, 5.41) is 0. The van der Waals surface area contributed by atoms with Crippen molar-refractivity contribution in [3.8, 4) is 11.5 Å². The molecular weight excluding hydrogens is 460 g/mol. The Morgan fingerprint density at radius 3 is 2.17 bits per heavy atom. The van der Waals surface area contributed by atoms with Crippen molar-refractivity contribution in [2.24, 2.45) is 0 Å². The molecule has 0 aliphatic heterocycles. The van der Waals surface area contributed by atoms with Gasteiger partial charge in [-0.1, -0.05) is 60.7 Å². The number of carbonyl (C=O) groups is 1. The molecule has 0 bridgehead atoms. The van der Waals surface area contributed by atoms with Gasteiger partial charge in [-0.2, -0.15) is 0 Å². The first-order chi connectivity index (χ1) is 17.4. The number of hydrogen-bond donors (Lipinski definition) is 2. The highest BCUT2D eigenvalue weighted by Crippen LogP contribution is 2.29. The average Bonchev–Trinajstić information content (AvgIpc) is 2.90. The number of methoxy groups -OCH3 is 2. The van der Waals surface area contributed by atoms with Crippen LogP contribution in [-0.2, 0) is 13.1 Å². The molecule has 0 aliphatic rings. The molecule has 4 rings (SSSR count). The van der Waals surface area contributed by atoms with Crippen molar-refractivity contribution in [3.63, 3.8) is 0 Å². The van der Waals surface area contributed by atoms with Crippen LogP contribution in [0, 0.1) is 0 Å². The summed E-state index contributed by atoms with van der Waals surface area (Å²) in [4.78, 5) is 43.3. The molecule has 36 heavy (non-hydrogen) atoms. The summed E-state index contributed by atoms with van der Waals surface area (Å²) in [5.41, 5.74) is 6.58. The summed E-state index contributed by atoms with van der Waals surface area (Å²) in [6, 6.07) is 23.2. The molecule has 9 heteroatoms. The summed E-state index contributed by atoms with van der Waals surface area (Å²) >= 11 is 0. The van der Waals surface area contributed by atoms with Gasteiger partial charge in [-0.15, -0.1) is 0 Å². The lowest BCUT2D eigenvalue weighted by atomic mass is 10.1. The molecule has 1 heterocycles. The van der Waals surface area contributed by atoms with Crippen LogP contribution in [0.2, 0.25) is 0 Å². The maximum Gasteiger partial charge on any atom is 0.330 e. The van der Waals surface area contributed by atoms with E-state index in [-0.39, 0.29) is 30.2 Å². The number of H-pyrrole nitrogens is 1. The molecule has 0 fully saturated rings. The standard InChI is InChI=1S/C27H26N4O5/c1-35-20-13-14-22(36-2)21(15-20)26(33)30(16-18-9-5-3-6-10-18)23-24(28)31(27(34)29-25(23)32)17-19-11-7-4-8-12-19/h3-15H,16-17,28H2,1-2H3,(H,29,32,34). The van der Waals surface area contributed by atoms with E-state index in [2.05, 4.69) is 4.98 Å². The number of nitrogens with one attached hydrogen (secondary N) is 1. The molecule has 184 valence electrons. The normalized spacial score (nSPS) is 10.6. The summed E-state index contributed by atoms with van der Waals surface area (Å²) in [6.07, 6.45) is 0. The van der Waals surface area contributed by atoms with Crippen LogP contribution in [0.5, 0.6) is 11.5 Å². The molecule has 9 nitrogen and oxygen atoms in total. The van der Waals surface area contributed by atoms with E-state index in [0.717, 1.165) is 11.1 Å². The Bertz CT molecular complexity index is 1480. The molecule has 3 N–H and O–H groups in total. The minimum Gasteiger partial charge on any atom is -0.497 e. The van der Waals surface area contributed by atoms with Crippen molar-refractivity contribution in [1.82, 2.24) is 9.55 Å². The average molecular weight is 487 g/mol. The van der Waals surface area contributed by atoms with Gasteiger partial charge in [-0.05, 0) is 29.3 Å². The highest BCUT2D eigenvalue weighted by Gasteiger charge is 2.28. The van der Waals surface area contributed by atoms with E-state index in [1.807, 2.05) is 60.7 Å². The summed E-state index contributed by atoms with van der Waals surface area (Å²) in [6.45, 7) is 0.141. The molecule has 0 spiro atoms. The van der Waals surface area contributed by atoms with Crippen LogP contribution in [0.25, 0.3) is 0 Å². The number of carbonyl (C=O) groups excluding carboxylic acids is 1. The second kappa shape index (κ2) is 10.6. The molecular formula is C27H26N4O5. The minimum absolute atomic E-state index is 0.0247. The largest absolute Gasteiger partial charge is 0.497 e. The van der Waals surface area contributed by atoms with Crippen molar-refractivity contribution < 1.29 is 14.3 Å². The van der Waals surface area contributed by atoms with Crippen LogP contribution >= 0.6 is 0 Å². The maximum absolute atomic E-state index is 14.0. The number of aromatic nitrogens is 2. The first-order valence-electron chi connectivity index (χ1n) is 11.2. The lowest BCUT2D eigenvalue weighted by Gasteiger charge is -2.25. The minimum atomic E-state index is -0.770. The van der Waals surface area contributed by atoms with Crippen molar-refractivity contribution in [3.05, 3.63) is 116 Å². The highest BCUT2D eigenvalue weighted by molar-refractivity contribution is 6.09. The molecule has 0 atom stereocenters. The van der Waals surface area contributed by atoms with Crippen LogP contribution in [0.1, 0.15) is 21.5 Å². The highest BCUT2D eigenvalue weighted by atomic mass is 16.5. The first-order valence-corrected chi connectivity index (χ1v) is 11.2. The monoisotopic (exact) mass is 486 g/mol. The summed E-state index contributed by atoms with van der Waals surface area (Å²) in [7, 11) is 2.93. The number of rotatable bonds is 8. The predicted molar refractivity (Wildman–Crippen MR) is 138 cm³/mol. The number of aromatic amines is 1. The molecule has 4 aromatic rings. The smallest absolute Gasteiger partial charge is 0.330 e. The molecule has 0 radical (unpaired) electrons. The van der Waals surface area contributed by atoms with E-state index in [9.17, 15) is 14.4 Å². The Morgan fingerprint density at radius 2 is 1.56 bits per heavy atom. The predicted octanol–water partition coefficient (Wildman–Crippen LogP) is 3.03. The third-order valence-electron chi connectivity index (χ3n) is 5.73. The molecule has 1 aromatic heterocycles. The van der Waals surface area contributed by atoms with E-state index in [0.29, 0.717) is 11.5 Å². The van der Waals surface area contributed by atoms with Gasteiger partial charge in [0.15, 0.2) is 5.69 Å². The first kappa shape index (κ1) is 24.3. The van der Waals surface area contributed by atoms with Gasteiger partial charge in [0.05, 0.1) is 32.9 Å². The Kier molecular flexibility index (Phi) is 7.20. The molecule has 1 amide bonds. The fourth-order valence-corrected chi connectivity index (χ4v) is 3.91. The lowest BCUT2D eigenvalue weighted by molar-refractivity contribution is 0.0981. The zero-order chi connectivity index (χ0) is 25.7. The fraction of sp³-hybridized carbons (Fsp3) is 0.148. The van der Waals surface area contributed by atoms with E-state index >= 15 is 0 Å². The van der Waals surface area contributed by atoms with Gasteiger partial charge in [0.25, 0.3) is 11.5 Å². The van der Waals surface area contributed by atoms with Crippen molar-refractivity contribution in [1.29, 1.82) is 0 Å². The van der Waals surface area contributed by atoms with Gasteiger partial charge >= 0.3 is 5.69 Å². The third kappa shape index (κ3) is 5.00. The number of anilines is 2. The SMILES string of the molecule is COc1ccc(OC)c(C(=O)N(Cc2ccccc2)c2c(N)n(Cc3ccccc3)c(=O)[nH]c2=O)c1. The van der Waals surface area contributed by atoms with Crippen molar-refractivity contribution >= 4 is 17.4 Å². The van der Waals surface area contributed by atoms with E-state index in [1.54, 1.807) is 12.1 Å². The third-order valence-corrected chi connectivity index (χ3v) is 5.73. The van der Waals surface area contributed by atoms with Crippen LogP contribution < -0.4 is 31.4 Å². The molecule has 0 aliphatic carbocycles. The number of nitrogens with two attached hydrogens (primary N) is 1. The number of ether oxygens (including phenoxy) is 2. The zero-order valence-electron chi connectivity index (χ0n) is 19.9. The van der Waals surface area contributed by atoms with Gasteiger partial charge in [-0.25, -0.2) is 4.79 Å². The van der Waals surface area contributed by atoms with Crippen molar-refractivity contribution in [2.75, 3.05) is 24.9 Å². The molecule has 3 aromatic carbocycles. The topological polar surface area (TPSA) is 120 Å². The molecule has 0 saturated carbocycles. The van der Waals surface area contributed by atoms with E-state index in [4.69, 9.17) is 15.2 Å². The lowest BCUT2D eigenvalue weighted by Crippen LogP contribution is -2.41. The van der Waals surface area contributed by atoms with Crippen molar-refractivity contribution in [2.45, 2.75) is 13.1 Å². The zero-order valence-corrected chi connectivity index (χ0v) is 19.9.